The standard InChI is InChI=1S/C31H41N3O7/c1-30(2)20-8-9-31(30,3)27(15-20)41-29(40)22-5-4-10-34(22)28(39)19(13-21-16-32-17-33-21)14-26(38)25(37)12-18-6-7-23(35)24(36)11-18/h6-7,11,17,19-20,22,25,27,35-37H,4-5,8-10,12-16H2,1-3H3. The van der Waals surface area contributed by atoms with Gasteiger partial charge in [0.05, 0.1) is 12.5 Å². The van der Waals surface area contributed by atoms with Crippen molar-refractivity contribution in [3.8, 4) is 11.5 Å². The molecule has 1 saturated heterocycles. The van der Waals surface area contributed by atoms with Gasteiger partial charge < -0.3 is 25.0 Å². The van der Waals surface area contributed by atoms with Crippen LogP contribution in [0.1, 0.15) is 71.3 Å². The van der Waals surface area contributed by atoms with E-state index in [0.717, 1.165) is 19.3 Å². The minimum Gasteiger partial charge on any atom is -0.504 e. The van der Waals surface area contributed by atoms with Crippen molar-refractivity contribution in [1.29, 1.82) is 0 Å². The first-order valence-corrected chi connectivity index (χ1v) is 14.7. The summed E-state index contributed by atoms with van der Waals surface area (Å²) in [6.07, 6.45) is 3.96. The van der Waals surface area contributed by atoms with E-state index in [0.29, 0.717) is 43.1 Å². The van der Waals surface area contributed by atoms with E-state index in [1.54, 1.807) is 4.90 Å². The molecule has 10 nitrogen and oxygen atoms in total. The van der Waals surface area contributed by atoms with Crippen molar-refractivity contribution in [2.45, 2.75) is 90.4 Å². The number of phenols is 2. The summed E-state index contributed by atoms with van der Waals surface area (Å²) >= 11 is 0. The summed E-state index contributed by atoms with van der Waals surface area (Å²) < 4.78 is 6.14. The summed E-state index contributed by atoms with van der Waals surface area (Å²) in [6, 6.07) is 3.39. The fourth-order valence-electron chi connectivity index (χ4n) is 7.41. The number of likely N-dealkylation sites (tertiary alicyclic amines) is 1. The van der Waals surface area contributed by atoms with Gasteiger partial charge >= 0.3 is 5.97 Å². The van der Waals surface area contributed by atoms with Crippen molar-refractivity contribution in [1.82, 2.24) is 4.90 Å². The van der Waals surface area contributed by atoms with Crippen LogP contribution in [0.3, 0.4) is 0 Å². The lowest BCUT2D eigenvalue weighted by Gasteiger charge is -2.39. The number of aromatic hydroxyl groups is 2. The first kappa shape index (κ1) is 29.2. The number of hydrogen-bond donors (Lipinski definition) is 3. The average molecular weight is 568 g/mol. The van der Waals surface area contributed by atoms with Crippen LogP contribution in [-0.2, 0) is 25.5 Å². The minimum atomic E-state index is -1.41. The molecule has 0 spiro atoms. The highest BCUT2D eigenvalue weighted by Gasteiger charge is 2.63. The normalized spacial score (nSPS) is 29.4. The number of esters is 1. The summed E-state index contributed by atoms with van der Waals surface area (Å²) in [4.78, 5) is 50.4. The molecule has 0 aromatic heterocycles. The SMILES string of the molecule is CC1(C)C2CCC1(C)C(OC(=O)C1CCCN1C(=O)C(CC(=O)C(O)Cc1ccc(O)c(O)c1)CC1=NC=NC1)C2. The molecule has 3 fully saturated rings. The number of nitrogens with zero attached hydrogens (tertiary/aromatic N) is 3. The van der Waals surface area contributed by atoms with Gasteiger partial charge in [0.25, 0.3) is 0 Å². The summed E-state index contributed by atoms with van der Waals surface area (Å²) in [6.45, 7) is 7.49. The number of Topliss-reactive ketones (excluding diaryl/α,β-unsaturated/α-hetero) is 1. The Morgan fingerprint density at radius 1 is 1.12 bits per heavy atom. The van der Waals surface area contributed by atoms with Gasteiger partial charge in [-0.3, -0.25) is 14.6 Å². The third kappa shape index (κ3) is 5.50. The van der Waals surface area contributed by atoms with E-state index in [1.807, 2.05) is 0 Å². The lowest BCUT2D eigenvalue weighted by molar-refractivity contribution is -0.165. The Balaban J connectivity index is 1.27. The summed E-state index contributed by atoms with van der Waals surface area (Å²) in [5.74, 6) is -2.14. The molecule has 6 atom stereocenters. The van der Waals surface area contributed by atoms with Crippen LogP contribution in [0.15, 0.2) is 28.2 Å². The number of amides is 1. The van der Waals surface area contributed by atoms with Gasteiger partial charge in [0, 0.05) is 30.5 Å². The van der Waals surface area contributed by atoms with Crippen LogP contribution in [-0.4, -0.2) is 81.3 Å². The number of benzene rings is 1. The number of phenolic OH excluding ortho intramolecular Hbond substituents is 2. The molecule has 5 rings (SSSR count). The van der Waals surface area contributed by atoms with Crippen molar-refractivity contribution in [3.05, 3.63) is 23.8 Å². The van der Waals surface area contributed by atoms with Crippen molar-refractivity contribution in [3.63, 3.8) is 0 Å². The second kappa shape index (κ2) is 11.2. The third-order valence-corrected chi connectivity index (χ3v) is 10.5. The Bertz CT molecular complexity index is 1270. The molecule has 222 valence electrons. The van der Waals surface area contributed by atoms with Crippen molar-refractivity contribution in [2.24, 2.45) is 32.7 Å². The number of ether oxygens (including phenoxy) is 1. The van der Waals surface area contributed by atoms with Crippen LogP contribution in [0.2, 0.25) is 0 Å². The topological polar surface area (TPSA) is 149 Å². The monoisotopic (exact) mass is 567 g/mol. The maximum atomic E-state index is 13.9. The first-order valence-electron chi connectivity index (χ1n) is 14.7. The van der Waals surface area contributed by atoms with Crippen molar-refractivity contribution >= 4 is 29.7 Å². The van der Waals surface area contributed by atoms with Gasteiger partial charge in [-0.2, -0.15) is 0 Å². The van der Waals surface area contributed by atoms with Gasteiger partial charge in [0.2, 0.25) is 5.91 Å². The highest BCUT2D eigenvalue weighted by atomic mass is 16.5. The third-order valence-electron chi connectivity index (χ3n) is 10.5. The largest absolute Gasteiger partial charge is 0.504 e. The summed E-state index contributed by atoms with van der Waals surface area (Å²) in [5, 5.41) is 29.9. The Hall–Kier alpha value is -3.27. The van der Waals surface area contributed by atoms with Crippen LogP contribution in [0.5, 0.6) is 11.5 Å². The van der Waals surface area contributed by atoms with Crippen molar-refractivity contribution in [2.75, 3.05) is 13.1 Å². The highest BCUT2D eigenvalue weighted by Crippen LogP contribution is 2.66. The number of aliphatic imine (C=N–C) groups is 2. The number of hydrogen-bond acceptors (Lipinski definition) is 9. The molecule has 1 aromatic carbocycles. The van der Waals surface area contributed by atoms with Gasteiger partial charge in [-0.15, -0.1) is 0 Å². The van der Waals surface area contributed by atoms with E-state index in [9.17, 15) is 29.7 Å². The second-order valence-electron chi connectivity index (χ2n) is 13.0. The fourth-order valence-corrected chi connectivity index (χ4v) is 7.41. The maximum Gasteiger partial charge on any atom is 0.329 e. The Morgan fingerprint density at radius 3 is 2.54 bits per heavy atom. The molecular formula is C31H41N3O7. The molecule has 6 unspecified atom stereocenters. The Morgan fingerprint density at radius 2 is 1.90 bits per heavy atom. The number of carbonyl (C=O) groups excluding carboxylic acids is 3. The molecular weight excluding hydrogens is 526 g/mol. The lowest BCUT2D eigenvalue weighted by Crippen LogP contribution is -2.47. The Labute approximate surface area is 240 Å². The molecule has 41 heavy (non-hydrogen) atoms. The number of carbonyl (C=O) groups is 3. The van der Waals surface area contributed by atoms with Gasteiger partial charge in [-0.1, -0.05) is 26.8 Å². The number of rotatable bonds is 10. The molecule has 2 aliphatic carbocycles. The first-order chi connectivity index (χ1) is 19.4. The van der Waals surface area contributed by atoms with Gasteiger partial charge in [-0.25, -0.2) is 9.79 Å². The quantitative estimate of drug-likeness (QED) is 0.290. The van der Waals surface area contributed by atoms with Crippen LogP contribution >= 0.6 is 0 Å². The molecule has 3 N–H and O–H groups in total. The summed E-state index contributed by atoms with van der Waals surface area (Å²) in [5.41, 5.74) is 1.15. The molecule has 1 amide bonds. The second-order valence-corrected chi connectivity index (χ2v) is 13.0. The number of fused-ring (bicyclic) bond motifs is 2. The van der Waals surface area contributed by atoms with E-state index in [4.69, 9.17) is 4.74 Å². The average Bonchev–Trinajstić information content (AvgIpc) is 3.70. The molecule has 4 aliphatic rings. The van der Waals surface area contributed by atoms with Crippen LogP contribution in [0, 0.1) is 22.7 Å². The van der Waals surface area contributed by atoms with Gasteiger partial charge in [0.1, 0.15) is 24.6 Å². The molecule has 1 aromatic rings. The zero-order valence-corrected chi connectivity index (χ0v) is 24.1. The number of aliphatic hydroxyl groups is 1. The van der Waals surface area contributed by atoms with E-state index in [1.165, 1.54) is 24.5 Å². The minimum absolute atomic E-state index is 0.0756. The Kier molecular flexibility index (Phi) is 7.98. The molecule has 2 saturated carbocycles. The van der Waals surface area contributed by atoms with Crippen molar-refractivity contribution < 1.29 is 34.4 Å². The highest BCUT2D eigenvalue weighted by molar-refractivity contribution is 6.00. The van der Waals surface area contributed by atoms with E-state index in [-0.39, 0.29) is 59.6 Å². The van der Waals surface area contributed by atoms with Gasteiger partial charge in [0.15, 0.2) is 17.3 Å². The van der Waals surface area contributed by atoms with Crippen LogP contribution < -0.4 is 0 Å². The lowest BCUT2D eigenvalue weighted by atomic mass is 9.70. The smallest absolute Gasteiger partial charge is 0.329 e. The van der Waals surface area contributed by atoms with Crippen LogP contribution in [0.4, 0.5) is 0 Å². The zero-order chi connectivity index (χ0) is 29.5. The molecule has 2 aliphatic heterocycles. The summed E-state index contributed by atoms with van der Waals surface area (Å²) in [7, 11) is 0. The van der Waals surface area contributed by atoms with Gasteiger partial charge in [-0.05, 0) is 67.6 Å². The number of aliphatic hydroxyl groups excluding tert-OH is 1. The van der Waals surface area contributed by atoms with E-state index in [2.05, 4.69) is 30.8 Å². The molecule has 10 heteroatoms. The maximum absolute atomic E-state index is 13.9. The number of ketones is 1. The molecule has 0 radical (unpaired) electrons. The van der Waals surface area contributed by atoms with Crippen LogP contribution in [0.25, 0.3) is 0 Å². The van der Waals surface area contributed by atoms with E-state index < -0.39 is 23.8 Å². The fraction of sp³-hybridized carbons (Fsp3) is 0.645. The molecule has 2 bridgehead atoms. The zero-order valence-electron chi connectivity index (χ0n) is 24.1. The van der Waals surface area contributed by atoms with E-state index >= 15 is 0 Å². The predicted molar refractivity (Wildman–Crippen MR) is 152 cm³/mol. The molecule has 2 heterocycles. The predicted octanol–water partition coefficient (Wildman–Crippen LogP) is 3.20.